The van der Waals surface area contributed by atoms with Crippen LogP contribution in [0.3, 0.4) is 0 Å². The average molecular weight is 558 g/mol. The molecule has 0 bridgehead atoms. The zero-order valence-corrected chi connectivity index (χ0v) is 24.0. The maximum absolute atomic E-state index is 15.1. The van der Waals surface area contributed by atoms with Crippen molar-refractivity contribution in [3.8, 4) is 0 Å². The first-order valence-corrected chi connectivity index (χ1v) is 14.5. The SMILES string of the molecule is CCCCCOC(=O)[C@]1(OC(=O)CC)[C@H](C)C[C@H]2[C@@H]3CCC4=C(F)C(=O)C=C[C@]4(C)[C@@]3(Cl)[C@@H](Cl)C[C@@]21C. The number of halogens is 3. The van der Waals surface area contributed by atoms with E-state index in [1.807, 2.05) is 20.8 Å². The molecule has 0 aromatic carbocycles. The van der Waals surface area contributed by atoms with Gasteiger partial charge in [0.05, 0.1) is 16.9 Å². The molecule has 0 amide bonds. The second-order valence-corrected chi connectivity index (χ2v) is 13.0. The van der Waals surface area contributed by atoms with Gasteiger partial charge in [-0.2, -0.15) is 0 Å². The van der Waals surface area contributed by atoms with Gasteiger partial charge in [0.25, 0.3) is 0 Å². The maximum atomic E-state index is 15.1. The first-order valence-electron chi connectivity index (χ1n) is 13.7. The Bertz CT molecular complexity index is 1040. The number of allylic oxidation sites excluding steroid dienone is 4. The molecule has 0 saturated heterocycles. The zero-order valence-electron chi connectivity index (χ0n) is 22.5. The van der Waals surface area contributed by atoms with Crippen LogP contribution in [0.2, 0.25) is 0 Å². The summed E-state index contributed by atoms with van der Waals surface area (Å²) in [6, 6.07) is 0. The number of rotatable bonds is 7. The van der Waals surface area contributed by atoms with Gasteiger partial charge in [0.2, 0.25) is 11.4 Å². The summed E-state index contributed by atoms with van der Waals surface area (Å²) in [6.45, 7) is 9.84. The van der Waals surface area contributed by atoms with Crippen LogP contribution in [0.5, 0.6) is 0 Å². The largest absolute Gasteiger partial charge is 0.463 e. The molecule has 4 aliphatic carbocycles. The van der Waals surface area contributed by atoms with Gasteiger partial charge in [0.15, 0.2) is 5.83 Å². The van der Waals surface area contributed by atoms with Gasteiger partial charge in [-0.05, 0) is 55.6 Å². The summed E-state index contributed by atoms with van der Waals surface area (Å²) in [7, 11) is 0. The standard InChI is InChI=1S/C29H39Cl2FO5/c1-6-8-9-14-36-25(35)29(37-23(34)7-2)17(3)15-20-18-10-11-19-24(32)21(33)12-13-26(19,4)28(18,31)22(30)16-27(20,29)5/h12-13,17-18,20,22H,6-11,14-16H2,1-5H3/t17-,18+,20+,22+,26+,27+,28+,29-/m1/s1. The van der Waals surface area contributed by atoms with Gasteiger partial charge in [0.1, 0.15) is 0 Å². The quantitative estimate of drug-likeness (QED) is 0.195. The van der Waals surface area contributed by atoms with Crippen molar-refractivity contribution in [2.45, 2.75) is 102 Å². The number of esters is 2. The van der Waals surface area contributed by atoms with Crippen LogP contribution in [0.4, 0.5) is 4.39 Å². The predicted octanol–water partition coefficient (Wildman–Crippen LogP) is 6.84. The van der Waals surface area contributed by atoms with E-state index < -0.39 is 50.2 Å². The van der Waals surface area contributed by atoms with Gasteiger partial charge < -0.3 is 9.47 Å². The first kappa shape index (κ1) is 28.6. The third-order valence-corrected chi connectivity index (χ3v) is 11.6. The Balaban J connectivity index is 1.79. The molecule has 4 rings (SSSR count). The molecular formula is C29H39Cl2FO5. The van der Waals surface area contributed by atoms with E-state index in [1.54, 1.807) is 13.0 Å². The number of fused-ring (bicyclic) bond motifs is 5. The minimum atomic E-state index is -1.48. The fraction of sp³-hybridized carbons (Fsp3) is 0.759. The first-order chi connectivity index (χ1) is 17.3. The number of ether oxygens (including phenoxy) is 2. The van der Waals surface area contributed by atoms with E-state index in [1.165, 1.54) is 6.08 Å². The van der Waals surface area contributed by atoms with Gasteiger partial charge in [0, 0.05) is 23.2 Å². The van der Waals surface area contributed by atoms with Crippen molar-refractivity contribution in [2.75, 3.05) is 6.61 Å². The van der Waals surface area contributed by atoms with Crippen LogP contribution >= 0.6 is 23.2 Å². The van der Waals surface area contributed by atoms with Crippen LogP contribution in [0.1, 0.15) is 86.0 Å². The summed E-state index contributed by atoms with van der Waals surface area (Å²) in [5.74, 6) is -2.95. The van der Waals surface area contributed by atoms with Gasteiger partial charge in [-0.3, -0.25) is 9.59 Å². The van der Waals surface area contributed by atoms with E-state index in [0.29, 0.717) is 24.8 Å². The fourth-order valence-electron chi connectivity index (χ4n) is 8.11. The molecule has 0 N–H and O–H groups in total. The highest BCUT2D eigenvalue weighted by Gasteiger charge is 2.77. The smallest absolute Gasteiger partial charge is 0.351 e. The molecule has 3 saturated carbocycles. The molecule has 206 valence electrons. The van der Waals surface area contributed by atoms with Crippen molar-refractivity contribution in [3.63, 3.8) is 0 Å². The Morgan fingerprint density at radius 1 is 1.19 bits per heavy atom. The molecule has 3 fully saturated rings. The fourth-order valence-corrected chi connectivity index (χ4v) is 9.34. The van der Waals surface area contributed by atoms with E-state index in [2.05, 4.69) is 6.92 Å². The van der Waals surface area contributed by atoms with Crippen LogP contribution in [-0.2, 0) is 23.9 Å². The van der Waals surface area contributed by atoms with Crippen LogP contribution < -0.4 is 0 Å². The molecule has 8 atom stereocenters. The van der Waals surface area contributed by atoms with Crippen LogP contribution in [-0.4, -0.2) is 40.2 Å². The molecule has 0 aliphatic heterocycles. The van der Waals surface area contributed by atoms with Gasteiger partial charge >= 0.3 is 11.9 Å². The normalized spacial score (nSPS) is 42.6. The molecular weight excluding hydrogens is 518 g/mol. The van der Waals surface area contributed by atoms with E-state index in [0.717, 1.165) is 19.3 Å². The minimum absolute atomic E-state index is 0.115. The number of carbonyl (C=O) groups excluding carboxylic acids is 3. The van der Waals surface area contributed by atoms with Crippen molar-refractivity contribution >= 4 is 40.9 Å². The van der Waals surface area contributed by atoms with Crippen LogP contribution in [0.15, 0.2) is 23.6 Å². The monoisotopic (exact) mass is 556 g/mol. The second-order valence-electron chi connectivity index (χ2n) is 11.8. The number of carbonyl (C=O) groups is 3. The zero-order chi connectivity index (χ0) is 27.4. The van der Waals surface area contributed by atoms with Crippen molar-refractivity contribution in [1.29, 1.82) is 0 Å². The van der Waals surface area contributed by atoms with Crippen molar-refractivity contribution in [1.82, 2.24) is 0 Å². The van der Waals surface area contributed by atoms with E-state index in [4.69, 9.17) is 32.7 Å². The molecule has 37 heavy (non-hydrogen) atoms. The molecule has 4 aliphatic rings. The summed E-state index contributed by atoms with van der Waals surface area (Å²) in [6.07, 6.45) is 7.58. The van der Waals surface area contributed by atoms with Crippen molar-refractivity contribution in [2.24, 2.45) is 28.6 Å². The third-order valence-electron chi connectivity index (χ3n) is 10.1. The van der Waals surface area contributed by atoms with Crippen molar-refractivity contribution in [3.05, 3.63) is 23.6 Å². The lowest BCUT2D eigenvalue weighted by Gasteiger charge is -2.63. The highest BCUT2D eigenvalue weighted by molar-refractivity contribution is 6.34. The number of ketones is 1. The van der Waals surface area contributed by atoms with Gasteiger partial charge in [-0.1, -0.05) is 53.5 Å². The number of alkyl halides is 2. The molecule has 0 radical (unpaired) electrons. The maximum Gasteiger partial charge on any atom is 0.351 e. The van der Waals surface area contributed by atoms with E-state index >= 15 is 4.39 Å². The topological polar surface area (TPSA) is 69.7 Å². The summed E-state index contributed by atoms with van der Waals surface area (Å²) < 4.78 is 27.0. The summed E-state index contributed by atoms with van der Waals surface area (Å²) in [5, 5.41) is -0.677. The Hall–Kier alpha value is -1.40. The van der Waals surface area contributed by atoms with Crippen LogP contribution in [0, 0.1) is 28.6 Å². The van der Waals surface area contributed by atoms with Crippen molar-refractivity contribution < 1.29 is 28.2 Å². The molecule has 0 heterocycles. The summed E-state index contributed by atoms with van der Waals surface area (Å²) in [4.78, 5) is 37.7. The van der Waals surface area contributed by atoms with Gasteiger partial charge in [-0.15, -0.1) is 23.2 Å². The molecule has 0 aromatic heterocycles. The second kappa shape index (κ2) is 9.97. The average Bonchev–Trinajstić information content (AvgIpc) is 3.07. The molecule has 0 spiro atoms. The number of hydrogen-bond donors (Lipinski definition) is 0. The minimum Gasteiger partial charge on any atom is -0.463 e. The molecule has 5 nitrogen and oxygen atoms in total. The Morgan fingerprint density at radius 2 is 1.89 bits per heavy atom. The Labute approximate surface area is 229 Å². The molecule has 0 unspecified atom stereocenters. The predicted molar refractivity (Wildman–Crippen MR) is 141 cm³/mol. The summed E-state index contributed by atoms with van der Waals surface area (Å²) >= 11 is 14.7. The van der Waals surface area contributed by atoms with E-state index in [-0.39, 0.29) is 37.2 Å². The Morgan fingerprint density at radius 3 is 2.54 bits per heavy atom. The highest BCUT2D eigenvalue weighted by atomic mass is 35.5. The highest BCUT2D eigenvalue weighted by Crippen LogP contribution is 2.73. The lowest BCUT2D eigenvalue weighted by molar-refractivity contribution is -0.209. The molecule has 0 aromatic rings. The summed E-state index contributed by atoms with van der Waals surface area (Å²) in [5.41, 5.74) is -2.84. The van der Waals surface area contributed by atoms with Crippen LogP contribution in [0.25, 0.3) is 0 Å². The lowest BCUT2D eigenvalue weighted by Crippen LogP contribution is -2.68. The third kappa shape index (κ3) is 3.86. The molecule has 8 heteroatoms. The van der Waals surface area contributed by atoms with E-state index in [9.17, 15) is 14.4 Å². The number of unbranched alkanes of at least 4 members (excludes halogenated alkanes) is 2. The lowest BCUT2D eigenvalue weighted by atomic mass is 9.46. The van der Waals surface area contributed by atoms with Gasteiger partial charge in [-0.25, -0.2) is 9.18 Å². The Kier molecular flexibility index (Phi) is 7.71. The number of hydrogen-bond acceptors (Lipinski definition) is 5.